The summed E-state index contributed by atoms with van der Waals surface area (Å²) in [6.07, 6.45) is 5.91. The number of para-hydroxylation sites is 1. The molecular weight excluding hydrogens is 288 g/mol. The van der Waals surface area contributed by atoms with Crippen LogP contribution in [0.1, 0.15) is 32.2 Å². The van der Waals surface area contributed by atoms with Gasteiger partial charge in [0.1, 0.15) is 11.3 Å². The number of ether oxygens (including phenoxy) is 1. The molecule has 5 heteroatoms. The van der Waals surface area contributed by atoms with Gasteiger partial charge < -0.3 is 14.3 Å². The molecule has 0 aliphatic heterocycles. The van der Waals surface area contributed by atoms with Crippen LogP contribution in [0.3, 0.4) is 0 Å². The lowest BCUT2D eigenvalue weighted by molar-refractivity contribution is 0.343. The molecule has 1 fully saturated rings. The van der Waals surface area contributed by atoms with Gasteiger partial charge in [0.15, 0.2) is 4.77 Å². The quantitative estimate of drug-likeness (QED) is 0.840. The smallest absolute Gasteiger partial charge is 0.178 e. The van der Waals surface area contributed by atoms with Crippen LogP contribution in [-0.2, 0) is 0 Å². The van der Waals surface area contributed by atoms with Crippen LogP contribution in [0, 0.1) is 4.77 Å². The molecule has 1 heterocycles. The van der Waals surface area contributed by atoms with Crippen LogP contribution in [0.2, 0.25) is 0 Å². The lowest BCUT2D eigenvalue weighted by atomic mass is 10.2. The van der Waals surface area contributed by atoms with E-state index in [0.717, 1.165) is 21.3 Å². The number of nitrogens with one attached hydrogen (secondary N) is 1. The molecule has 0 saturated heterocycles. The van der Waals surface area contributed by atoms with Crippen molar-refractivity contribution in [3.63, 3.8) is 0 Å². The third-order valence-electron chi connectivity index (χ3n) is 4.07. The Labute approximate surface area is 128 Å². The molecule has 1 aromatic heterocycles. The number of nitrogens with zero attached hydrogens (tertiary/aromatic N) is 1. The van der Waals surface area contributed by atoms with E-state index in [1.807, 2.05) is 30.8 Å². The highest BCUT2D eigenvalue weighted by Gasteiger charge is 2.27. The highest BCUT2D eigenvalue weighted by Crippen LogP contribution is 2.38. The van der Waals surface area contributed by atoms with Crippen LogP contribution < -0.4 is 4.74 Å². The zero-order valence-electron chi connectivity index (χ0n) is 11.9. The average molecular weight is 308 g/mol. The van der Waals surface area contributed by atoms with E-state index in [0.29, 0.717) is 12.6 Å². The summed E-state index contributed by atoms with van der Waals surface area (Å²) in [6, 6.07) is 6.70. The molecule has 3 rings (SSSR count). The highest BCUT2D eigenvalue weighted by atomic mass is 32.2. The summed E-state index contributed by atoms with van der Waals surface area (Å²) >= 11 is 7.53. The Bertz CT molecular complexity index is 661. The van der Waals surface area contributed by atoms with Gasteiger partial charge in [-0.05, 0) is 56.8 Å². The molecule has 1 aromatic carbocycles. The van der Waals surface area contributed by atoms with E-state index >= 15 is 0 Å². The van der Waals surface area contributed by atoms with Gasteiger partial charge in [-0.2, -0.15) is 11.8 Å². The molecule has 2 atom stereocenters. The monoisotopic (exact) mass is 308 g/mol. The number of aromatic nitrogens is 2. The number of fused-ring (bicyclic) bond motifs is 1. The number of H-pyrrole nitrogens is 1. The summed E-state index contributed by atoms with van der Waals surface area (Å²) < 4.78 is 8.81. The maximum atomic E-state index is 5.70. The van der Waals surface area contributed by atoms with E-state index in [2.05, 4.69) is 21.9 Å². The fourth-order valence-corrected chi connectivity index (χ4v) is 4.26. The molecule has 0 bridgehead atoms. The Morgan fingerprint density at radius 3 is 3.00 bits per heavy atom. The summed E-state index contributed by atoms with van der Waals surface area (Å²) in [5.74, 6) is 0.897. The Morgan fingerprint density at radius 2 is 2.30 bits per heavy atom. The Hall–Kier alpha value is -0.940. The van der Waals surface area contributed by atoms with Crippen LogP contribution in [0.25, 0.3) is 11.0 Å². The van der Waals surface area contributed by atoms with Crippen molar-refractivity contribution in [1.82, 2.24) is 9.55 Å². The normalized spacial score (nSPS) is 22.5. The van der Waals surface area contributed by atoms with E-state index in [4.69, 9.17) is 17.0 Å². The first-order chi connectivity index (χ1) is 9.74. The standard InChI is InChI=1S/C15H20N2OS2/c1-3-18-13-6-4-5-12-14(13)16-15(19)17(12)10-7-8-11(9-10)20-2/h4-6,10-11H,3,7-9H2,1-2H3,(H,16,19). The molecule has 1 aliphatic rings. The van der Waals surface area contributed by atoms with Crippen LogP contribution in [0.15, 0.2) is 18.2 Å². The van der Waals surface area contributed by atoms with Gasteiger partial charge in [0.25, 0.3) is 0 Å². The first-order valence-corrected chi connectivity index (χ1v) is 8.83. The van der Waals surface area contributed by atoms with Crippen molar-refractivity contribution in [2.75, 3.05) is 12.9 Å². The Morgan fingerprint density at radius 1 is 1.45 bits per heavy atom. The maximum absolute atomic E-state index is 5.70. The number of rotatable bonds is 4. The lowest BCUT2D eigenvalue weighted by Crippen LogP contribution is -2.06. The summed E-state index contributed by atoms with van der Waals surface area (Å²) in [6.45, 7) is 2.67. The minimum atomic E-state index is 0.519. The maximum Gasteiger partial charge on any atom is 0.178 e. The third kappa shape index (κ3) is 2.37. The minimum absolute atomic E-state index is 0.519. The van der Waals surface area contributed by atoms with E-state index in [1.165, 1.54) is 24.8 Å². The van der Waals surface area contributed by atoms with Gasteiger partial charge in [0.05, 0.1) is 12.1 Å². The van der Waals surface area contributed by atoms with Crippen molar-refractivity contribution in [2.45, 2.75) is 37.5 Å². The van der Waals surface area contributed by atoms with Crippen LogP contribution in [0.5, 0.6) is 5.75 Å². The van der Waals surface area contributed by atoms with E-state index in [1.54, 1.807) is 0 Å². The minimum Gasteiger partial charge on any atom is -0.492 e. The molecule has 0 amide bonds. The second-order valence-corrected chi connectivity index (χ2v) is 6.73. The third-order valence-corrected chi connectivity index (χ3v) is 5.46. The molecular formula is C15H20N2OS2. The largest absolute Gasteiger partial charge is 0.492 e. The van der Waals surface area contributed by atoms with Crippen LogP contribution >= 0.6 is 24.0 Å². The van der Waals surface area contributed by atoms with Gasteiger partial charge in [-0.1, -0.05) is 6.07 Å². The molecule has 108 valence electrons. The van der Waals surface area contributed by atoms with Gasteiger partial charge >= 0.3 is 0 Å². The van der Waals surface area contributed by atoms with Gasteiger partial charge in [-0.3, -0.25) is 0 Å². The van der Waals surface area contributed by atoms with Gasteiger partial charge in [0.2, 0.25) is 0 Å². The fraction of sp³-hybridized carbons (Fsp3) is 0.533. The average Bonchev–Trinajstić information content (AvgIpc) is 3.02. The summed E-state index contributed by atoms with van der Waals surface area (Å²) in [5.41, 5.74) is 2.21. The zero-order chi connectivity index (χ0) is 14.1. The van der Waals surface area contributed by atoms with Crippen molar-refractivity contribution >= 4 is 35.0 Å². The second-order valence-electron chi connectivity index (χ2n) is 5.21. The zero-order valence-corrected chi connectivity index (χ0v) is 13.5. The van der Waals surface area contributed by atoms with Gasteiger partial charge in [-0.15, -0.1) is 0 Å². The molecule has 2 aromatic rings. The highest BCUT2D eigenvalue weighted by molar-refractivity contribution is 7.99. The van der Waals surface area contributed by atoms with Crippen LogP contribution in [-0.4, -0.2) is 27.7 Å². The molecule has 1 aliphatic carbocycles. The molecule has 1 N–H and O–H groups in total. The number of benzene rings is 1. The van der Waals surface area contributed by atoms with E-state index in [-0.39, 0.29) is 0 Å². The van der Waals surface area contributed by atoms with Gasteiger partial charge in [0, 0.05) is 11.3 Å². The molecule has 0 radical (unpaired) electrons. The second kappa shape index (κ2) is 5.82. The van der Waals surface area contributed by atoms with Crippen molar-refractivity contribution in [3.8, 4) is 5.75 Å². The lowest BCUT2D eigenvalue weighted by Gasteiger charge is -2.14. The SMILES string of the molecule is CCOc1cccc2c1[nH]c(=S)n2C1CCC(SC)C1. The number of aromatic amines is 1. The van der Waals surface area contributed by atoms with E-state index < -0.39 is 0 Å². The van der Waals surface area contributed by atoms with Crippen molar-refractivity contribution in [3.05, 3.63) is 23.0 Å². The van der Waals surface area contributed by atoms with Crippen LogP contribution in [0.4, 0.5) is 0 Å². The predicted octanol–water partition coefficient (Wildman–Crippen LogP) is 4.55. The summed E-state index contributed by atoms with van der Waals surface area (Å²) in [4.78, 5) is 3.34. The molecule has 2 unspecified atom stereocenters. The number of imidazole rings is 1. The van der Waals surface area contributed by atoms with Gasteiger partial charge in [-0.25, -0.2) is 0 Å². The van der Waals surface area contributed by atoms with E-state index in [9.17, 15) is 0 Å². The number of hydrogen-bond acceptors (Lipinski definition) is 3. The predicted molar refractivity (Wildman–Crippen MR) is 88.5 cm³/mol. The molecule has 3 nitrogen and oxygen atoms in total. The Kier molecular flexibility index (Phi) is 4.08. The van der Waals surface area contributed by atoms with Crippen molar-refractivity contribution in [2.24, 2.45) is 0 Å². The summed E-state index contributed by atoms with van der Waals surface area (Å²) in [5, 5.41) is 0.766. The summed E-state index contributed by atoms with van der Waals surface area (Å²) in [7, 11) is 0. The molecule has 1 saturated carbocycles. The molecule has 0 spiro atoms. The van der Waals surface area contributed by atoms with Crippen molar-refractivity contribution < 1.29 is 4.74 Å². The first kappa shape index (κ1) is 14.0. The Balaban J connectivity index is 2.06. The first-order valence-electron chi connectivity index (χ1n) is 7.13. The fourth-order valence-electron chi connectivity index (χ4n) is 3.13. The van der Waals surface area contributed by atoms with Crippen molar-refractivity contribution in [1.29, 1.82) is 0 Å². The number of hydrogen-bond donors (Lipinski definition) is 1. The molecule has 20 heavy (non-hydrogen) atoms. The number of thioether (sulfide) groups is 1. The topological polar surface area (TPSA) is 29.9 Å².